The zero-order valence-corrected chi connectivity index (χ0v) is 12.5. The van der Waals surface area contributed by atoms with Crippen LogP contribution in [0.5, 0.6) is 0 Å². The minimum absolute atomic E-state index is 0.0419. The van der Waals surface area contributed by atoms with Crippen molar-refractivity contribution in [1.29, 1.82) is 0 Å². The molecule has 2 N–H and O–H groups in total. The van der Waals surface area contributed by atoms with Crippen LogP contribution in [-0.4, -0.2) is 40.6 Å². The monoisotopic (exact) mass is 282 g/mol. The summed E-state index contributed by atoms with van der Waals surface area (Å²) < 4.78 is 0. The number of amides is 2. The molecule has 5 nitrogen and oxygen atoms in total. The molecular formula is C15H26N2O3. The number of nitrogens with zero attached hydrogens (tertiary/aromatic N) is 1. The molecule has 20 heavy (non-hydrogen) atoms. The molecule has 1 atom stereocenters. The van der Waals surface area contributed by atoms with Crippen molar-refractivity contribution >= 4 is 12.0 Å². The first-order valence-corrected chi connectivity index (χ1v) is 7.71. The third-order valence-electron chi connectivity index (χ3n) is 4.88. The molecule has 0 aromatic rings. The van der Waals surface area contributed by atoms with Gasteiger partial charge in [0, 0.05) is 13.1 Å². The standard InChI is InChI=1S/C15H26N2O3/c1-11(2)12-5-8-17(10-12)14(20)16-15(9-13(18)19)6-3-4-7-15/h11-12H,3-10H2,1-2H3,(H,16,20)(H,18,19). The number of rotatable bonds is 4. The Labute approximate surface area is 120 Å². The van der Waals surface area contributed by atoms with Crippen LogP contribution in [0.1, 0.15) is 52.4 Å². The van der Waals surface area contributed by atoms with Gasteiger partial charge in [0.25, 0.3) is 0 Å². The zero-order valence-electron chi connectivity index (χ0n) is 12.5. The van der Waals surface area contributed by atoms with E-state index in [1.165, 1.54) is 0 Å². The van der Waals surface area contributed by atoms with Gasteiger partial charge >= 0.3 is 12.0 Å². The van der Waals surface area contributed by atoms with E-state index in [4.69, 9.17) is 5.11 Å². The Bertz CT molecular complexity index is 375. The number of urea groups is 1. The number of likely N-dealkylation sites (tertiary alicyclic amines) is 1. The summed E-state index contributed by atoms with van der Waals surface area (Å²) in [5, 5.41) is 12.1. The summed E-state index contributed by atoms with van der Waals surface area (Å²) in [7, 11) is 0. The van der Waals surface area contributed by atoms with E-state index in [-0.39, 0.29) is 12.5 Å². The highest BCUT2D eigenvalue weighted by atomic mass is 16.4. The van der Waals surface area contributed by atoms with Gasteiger partial charge in [-0.15, -0.1) is 0 Å². The van der Waals surface area contributed by atoms with Crippen molar-refractivity contribution in [1.82, 2.24) is 10.2 Å². The van der Waals surface area contributed by atoms with Crippen molar-refractivity contribution in [3.8, 4) is 0 Å². The topological polar surface area (TPSA) is 69.6 Å². The lowest BCUT2D eigenvalue weighted by Crippen LogP contribution is -2.52. The normalized spacial score (nSPS) is 25.1. The van der Waals surface area contributed by atoms with Gasteiger partial charge in [0.1, 0.15) is 0 Å². The predicted molar refractivity (Wildman–Crippen MR) is 76.5 cm³/mol. The first-order chi connectivity index (χ1) is 9.42. The molecule has 2 fully saturated rings. The quantitative estimate of drug-likeness (QED) is 0.832. The summed E-state index contributed by atoms with van der Waals surface area (Å²) in [6.07, 6.45) is 4.67. The molecule has 0 radical (unpaired) electrons. The van der Waals surface area contributed by atoms with Gasteiger partial charge in [-0.3, -0.25) is 4.79 Å². The number of hydrogen-bond acceptors (Lipinski definition) is 2. The largest absolute Gasteiger partial charge is 0.481 e. The minimum atomic E-state index is -0.825. The van der Waals surface area contributed by atoms with E-state index in [0.29, 0.717) is 11.8 Å². The Balaban J connectivity index is 1.94. The molecule has 0 aromatic carbocycles. The maximum atomic E-state index is 12.4. The van der Waals surface area contributed by atoms with Crippen LogP contribution in [-0.2, 0) is 4.79 Å². The molecule has 0 aromatic heterocycles. The third kappa shape index (κ3) is 3.44. The van der Waals surface area contributed by atoms with Crippen LogP contribution in [0.4, 0.5) is 4.79 Å². The lowest BCUT2D eigenvalue weighted by atomic mass is 9.93. The molecule has 1 saturated carbocycles. The van der Waals surface area contributed by atoms with Gasteiger partial charge in [0.15, 0.2) is 0 Å². The van der Waals surface area contributed by atoms with Gasteiger partial charge in [-0.2, -0.15) is 0 Å². The second-order valence-electron chi connectivity index (χ2n) is 6.73. The Morgan fingerprint density at radius 1 is 1.35 bits per heavy atom. The van der Waals surface area contributed by atoms with Crippen molar-refractivity contribution in [3.05, 3.63) is 0 Å². The first-order valence-electron chi connectivity index (χ1n) is 7.71. The van der Waals surface area contributed by atoms with E-state index >= 15 is 0 Å². The van der Waals surface area contributed by atoms with Crippen LogP contribution >= 0.6 is 0 Å². The Hall–Kier alpha value is -1.26. The number of carboxylic acid groups (broad SMARTS) is 1. The van der Waals surface area contributed by atoms with Gasteiger partial charge in [-0.1, -0.05) is 26.7 Å². The fourth-order valence-electron chi connectivity index (χ4n) is 3.51. The average Bonchev–Trinajstić information content (AvgIpc) is 2.96. The van der Waals surface area contributed by atoms with E-state index < -0.39 is 11.5 Å². The Kier molecular flexibility index (Phi) is 4.55. The minimum Gasteiger partial charge on any atom is -0.481 e. The highest BCUT2D eigenvalue weighted by Gasteiger charge is 2.39. The molecule has 1 unspecified atom stereocenters. The Morgan fingerprint density at radius 2 is 2.00 bits per heavy atom. The van der Waals surface area contributed by atoms with Crippen LogP contribution in [0.2, 0.25) is 0 Å². The van der Waals surface area contributed by atoms with Gasteiger partial charge in [-0.05, 0) is 31.1 Å². The SMILES string of the molecule is CC(C)C1CCN(C(=O)NC2(CC(=O)O)CCCC2)C1. The van der Waals surface area contributed by atoms with Gasteiger partial charge in [0.2, 0.25) is 0 Å². The maximum Gasteiger partial charge on any atom is 0.317 e. The van der Waals surface area contributed by atoms with Gasteiger partial charge in [-0.25, -0.2) is 4.79 Å². The molecule has 2 aliphatic rings. The smallest absolute Gasteiger partial charge is 0.317 e. The summed E-state index contributed by atoms with van der Waals surface area (Å²) in [5.41, 5.74) is -0.515. The molecule has 2 amide bonds. The number of aliphatic carboxylic acids is 1. The van der Waals surface area contributed by atoms with Crippen LogP contribution < -0.4 is 5.32 Å². The third-order valence-corrected chi connectivity index (χ3v) is 4.88. The summed E-state index contributed by atoms with van der Waals surface area (Å²) in [4.78, 5) is 25.3. The highest BCUT2D eigenvalue weighted by Crippen LogP contribution is 2.33. The molecule has 2 rings (SSSR count). The van der Waals surface area contributed by atoms with E-state index in [1.807, 2.05) is 4.90 Å². The number of hydrogen-bond donors (Lipinski definition) is 2. The zero-order chi connectivity index (χ0) is 14.8. The van der Waals surface area contributed by atoms with Gasteiger partial charge < -0.3 is 15.3 Å². The van der Waals surface area contributed by atoms with Crippen molar-refractivity contribution in [2.75, 3.05) is 13.1 Å². The fourth-order valence-corrected chi connectivity index (χ4v) is 3.51. The molecule has 1 saturated heterocycles. The number of carboxylic acids is 1. The molecule has 1 aliphatic carbocycles. The average molecular weight is 282 g/mol. The molecule has 5 heteroatoms. The summed E-state index contributed by atoms with van der Waals surface area (Å²) >= 11 is 0. The van der Waals surface area contributed by atoms with Gasteiger partial charge in [0.05, 0.1) is 12.0 Å². The summed E-state index contributed by atoms with van der Waals surface area (Å²) in [6, 6.07) is -0.0729. The number of carbonyl (C=O) groups excluding carboxylic acids is 1. The van der Waals surface area contributed by atoms with Crippen LogP contribution in [0.15, 0.2) is 0 Å². The fraction of sp³-hybridized carbons (Fsp3) is 0.867. The van der Waals surface area contributed by atoms with E-state index in [9.17, 15) is 9.59 Å². The van der Waals surface area contributed by atoms with E-state index in [1.54, 1.807) is 0 Å². The molecule has 0 bridgehead atoms. The molecular weight excluding hydrogens is 256 g/mol. The van der Waals surface area contributed by atoms with Crippen LogP contribution in [0, 0.1) is 11.8 Å². The van der Waals surface area contributed by atoms with E-state index in [0.717, 1.165) is 45.2 Å². The number of nitrogens with one attached hydrogen (secondary N) is 1. The summed E-state index contributed by atoms with van der Waals surface area (Å²) in [6.45, 7) is 5.97. The van der Waals surface area contributed by atoms with Crippen molar-refractivity contribution in [3.63, 3.8) is 0 Å². The van der Waals surface area contributed by atoms with Crippen molar-refractivity contribution < 1.29 is 14.7 Å². The number of carbonyl (C=O) groups is 2. The van der Waals surface area contributed by atoms with Crippen molar-refractivity contribution in [2.24, 2.45) is 11.8 Å². The highest BCUT2D eigenvalue weighted by molar-refractivity contribution is 5.77. The maximum absolute atomic E-state index is 12.4. The molecule has 0 spiro atoms. The van der Waals surface area contributed by atoms with Crippen molar-refractivity contribution in [2.45, 2.75) is 57.9 Å². The van der Waals surface area contributed by atoms with E-state index in [2.05, 4.69) is 19.2 Å². The Morgan fingerprint density at radius 3 is 2.50 bits per heavy atom. The lowest BCUT2D eigenvalue weighted by molar-refractivity contribution is -0.138. The predicted octanol–water partition coefficient (Wildman–Crippen LogP) is 2.46. The van der Waals surface area contributed by atoms with Crippen LogP contribution in [0.3, 0.4) is 0 Å². The lowest BCUT2D eigenvalue weighted by Gasteiger charge is -2.31. The summed E-state index contributed by atoms with van der Waals surface area (Å²) in [5.74, 6) is 0.334. The molecule has 114 valence electrons. The first kappa shape index (κ1) is 15.1. The molecule has 1 aliphatic heterocycles. The second-order valence-corrected chi connectivity index (χ2v) is 6.73. The van der Waals surface area contributed by atoms with Crippen LogP contribution in [0.25, 0.3) is 0 Å². The molecule has 1 heterocycles. The second kappa shape index (κ2) is 6.02.